The molecule has 3 aliphatic rings. The van der Waals surface area contributed by atoms with Crippen molar-refractivity contribution in [2.24, 2.45) is 0 Å². The molecular formula is C17H23N3O3. The van der Waals surface area contributed by atoms with Crippen LogP contribution in [0.3, 0.4) is 0 Å². The lowest BCUT2D eigenvalue weighted by Crippen LogP contribution is -2.70. The van der Waals surface area contributed by atoms with E-state index in [1.807, 2.05) is 17.0 Å². The minimum atomic E-state index is -0.100. The summed E-state index contributed by atoms with van der Waals surface area (Å²) in [6, 6.07) is 8.26. The molecule has 0 spiro atoms. The van der Waals surface area contributed by atoms with Crippen molar-refractivity contribution in [1.82, 2.24) is 9.80 Å². The van der Waals surface area contributed by atoms with Crippen molar-refractivity contribution in [2.45, 2.75) is 18.0 Å². The number of hydrogen-bond acceptors (Lipinski definition) is 5. The highest BCUT2D eigenvalue weighted by molar-refractivity contribution is 5.81. The lowest BCUT2D eigenvalue weighted by atomic mass is 9.72. The third-order valence-electron chi connectivity index (χ3n) is 5.30. The van der Waals surface area contributed by atoms with Gasteiger partial charge in [0.2, 0.25) is 5.91 Å². The van der Waals surface area contributed by atoms with Gasteiger partial charge in [0.05, 0.1) is 38.4 Å². The molecule has 0 aliphatic carbocycles. The highest BCUT2D eigenvalue weighted by atomic mass is 16.5. The number of hydrogen-bond donors (Lipinski definition) is 2. The number of carbonyl (C=O) groups is 1. The smallest absolute Gasteiger partial charge is 0.237 e. The molecule has 3 heterocycles. The maximum absolute atomic E-state index is 12.7. The van der Waals surface area contributed by atoms with Gasteiger partial charge < -0.3 is 20.1 Å². The van der Waals surface area contributed by atoms with Crippen LogP contribution in [-0.4, -0.2) is 78.9 Å². The average molecular weight is 317 g/mol. The normalized spacial score (nSPS) is 30.0. The molecule has 0 bridgehead atoms. The van der Waals surface area contributed by atoms with Gasteiger partial charge >= 0.3 is 0 Å². The van der Waals surface area contributed by atoms with Gasteiger partial charge in [-0.15, -0.1) is 0 Å². The van der Waals surface area contributed by atoms with Crippen LogP contribution in [0.4, 0.5) is 5.69 Å². The molecule has 2 N–H and O–H groups in total. The van der Waals surface area contributed by atoms with E-state index in [1.165, 1.54) is 5.56 Å². The Labute approximate surface area is 136 Å². The van der Waals surface area contributed by atoms with Crippen LogP contribution in [0, 0.1) is 0 Å². The van der Waals surface area contributed by atoms with E-state index in [2.05, 4.69) is 22.3 Å². The number of anilines is 1. The topological polar surface area (TPSA) is 65.0 Å². The number of ether oxygens (including phenoxy) is 1. The lowest BCUT2D eigenvalue weighted by molar-refractivity contribution is -0.152. The van der Waals surface area contributed by atoms with E-state index >= 15 is 0 Å². The number of morpholine rings is 1. The maximum atomic E-state index is 12.7. The molecule has 1 aromatic rings. The highest BCUT2D eigenvalue weighted by Crippen LogP contribution is 2.46. The molecule has 3 aliphatic heterocycles. The molecule has 23 heavy (non-hydrogen) atoms. The van der Waals surface area contributed by atoms with Gasteiger partial charge in [-0.25, -0.2) is 0 Å². The Hall–Kier alpha value is -1.63. The van der Waals surface area contributed by atoms with Gasteiger partial charge in [0.1, 0.15) is 0 Å². The van der Waals surface area contributed by atoms with E-state index in [0.717, 1.165) is 25.3 Å². The predicted octanol–water partition coefficient (Wildman–Crippen LogP) is 0.0996. The van der Waals surface area contributed by atoms with E-state index in [4.69, 9.17) is 4.74 Å². The summed E-state index contributed by atoms with van der Waals surface area (Å²) in [5.41, 5.74) is 2.35. The number of likely N-dealkylation sites (tertiary alicyclic amines) is 1. The van der Waals surface area contributed by atoms with Crippen LogP contribution < -0.4 is 5.32 Å². The Kier molecular flexibility index (Phi) is 3.97. The molecule has 6 nitrogen and oxygen atoms in total. The molecule has 6 heteroatoms. The molecule has 0 aromatic heterocycles. The van der Waals surface area contributed by atoms with Crippen molar-refractivity contribution in [3.05, 3.63) is 29.8 Å². The van der Waals surface area contributed by atoms with Crippen molar-refractivity contribution in [3.8, 4) is 0 Å². The maximum Gasteiger partial charge on any atom is 0.237 e. The molecule has 0 unspecified atom stereocenters. The van der Waals surface area contributed by atoms with Gasteiger partial charge in [-0.3, -0.25) is 9.69 Å². The summed E-state index contributed by atoms with van der Waals surface area (Å²) < 4.78 is 5.33. The van der Waals surface area contributed by atoms with Crippen LogP contribution >= 0.6 is 0 Å². The van der Waals surface area contributed by atoms with Crippen molar-refractivity contribution in [3.63, 3.8) is 0 Å². The Bertz CT molecular complexity index is 588. The quantitative estimate of drug-likeness (QED) is 0.828. The Morgan fingerprint density at radius 3 is 2.87 bits per heavy atom. The zero-order valence-electron chi connectivity index (χ0n) is 13.1. The van der Waals surface area contributed by atoms with Crippen LogP contribution in [0.15, 0.2) is 24.3 Å². The third kappa shape index (κ3) is 2.51. The summed E-state index contributed by atoms with van der Waals surface area (Å²) in [7, 11) is 0. The lowest BCUT2D eigenvalue weighted by Gasteiger charge is -2.57. The monoisotopic (exact) mass is 317 g/mol. The summed E-state index contributed by atoms with van der Waals surface area (Å²) >= 11 is 0. The molecular weight excluding hydrogens is 294 g/mol. The number of para-hydroxylation sites is 1. The van der Waals surface area contributed by atoms with Crippen molar-refractivity contribution in [2.75, 3.05) is 51.3 Å². The summed E-state index contributed by atoms with van der Waals surface area (Å²) in [6.45, 7) is 4.19. The summed E-state index contributed by atoms with van der Waals surface area (Å²) in [5.74, 6) is 0.361. The molecule has 1 aromatic carbocycles. The number of aliphatic hydroxyl groups is 1. The summed E-state index contributed by atoms with van der Waals surface area (Å²) in [4.78, 5) is 16.8. The van der Waals surface area contributed by atoms with E-state index in [0.29, 0.717) is 19.8 Å². The Morgan fingerprint density at radius 2 is 2.09 bits per heavy atom. The van der Waals surface area contributed by atoms with Gasteiger partial charge in [-0.1, -0.05) is 18.2 Å². The van der Waals surface area contributed by atoms with Gasteiger partial charge in [-0.05, 0) is 11.6 Å². The highest BCUT2D eigenvalue weighted by Gasteiger charge is 2.53. The number of aliphatic hydroxyl groups excluding tert-OH is 1. The first kappa shape index (κ1) is 14.9. The fourth-order valence-corrected chi connectivity index (χ4v) is 4.15. The Morgan fingerprint density at radius 1 is 1.30 bits per heavy atom. The number of nitrogens with one attached hydrogen (secondary N) is 1. The van der Waals surface area contributed by atoms with Crippen molar-refractivity contribution in [1.29, 1.82) is 0 Å². The molecule has 2 fully saturated rings. The van der Waals surface area contributed by atoms with Gasteiger partial charge in [0, 0.05) is 31.2 Å². The Balaban J connectivity index is 1.49. The second-order valence-corrected chi connectivity index (χ2v) is 6.50. The molecule has 1 amide bonds. The number of amides is 1. The van der Waals surface area contributed by atoms with Gasteiger partial charge in [0.25, 0.3) is 0 Å². The second kappa shape index (κ2) is 6.11. The van der Waals surface area contributed by atoms with Crippen LogP contribution in [0.2, 0.25) is 0 Å². The van der Waals surface area contributed by atoms with Crippen molar-refractivity contribution >= 4 is 11.6 Å². The SMILES string of the molecule is O=C(CN1CCOCC1)N1[C@H](CO)[C@@H]2c3ccccc3NC[C@@H]21. The number of rotatable bonds is 3. The fraction of sp³-hybridized carbons (Fsp3) is 0.588. The summed E-state index contributed by atoms with van der Waals surface area (Å²) in [5, 5.41) is 13.2. The minimum absolute atomic E-state index is 0.0182. The van der Waals surface area contributed by atoms with E-state index in [1.54, 1.807) is 0 Å². The first-order chi connectivity index (χ1) is 11.3. The first-order valence-corrected chi connectivity index (χ1v) is 8.34. The first-order valence-electron chi connectivity index (χ1n) is 8.34. The zero-order valence-corrected chi connectivity index (χ0v) is 13.1. The molecule has 124 valence electrons. The fourth-order valence-electron chi connectivity index (χ4n) is 4.15. The second-order valence-electron chi connectivity index (χ2n) is 6.50. The van der Waals surface area contributed by atoms with E-state index < -0.39 is 0 Å². The molecule has 0 saturated carbocycles. The molecule has 3 atom stereocenters. The number of nitrogens with zero attached hydrogens (tertiary/aromatic N) is 2. The predicted molar refractivity (Wildman–Crippen MR) is 86.4 cm³/mol. The van der Waals surface area contributed by atoms with Crippen LogP contribution in [0.5, 0.6) is 0 Å². The van der Waals surface area contributed by atoms with Crippen molar-refractivity contribution < 1.29 is 14.6 Å². The average Bonchev–Trinajstić information content (AvgIpc) is 2.56. The van der Waals surface area contributed by atoms with Crippen LogP contribution in [0.25, 0.3) is 0 Å². The minimum Gasteiger partial charge on any atom is -0.394 e. The molecule has 4 rings (SSSR count). The van der Waals surface area contributed by atoms with E-state index in [9.17, 15) is 9.90 Å². The summed E-state index contributed by atoms with van der Waals surface area (Å²) in [6.07, 6.45) is 0. The zero-order chi connectivity index (χ0) is 15.8. The van der Waals surface area contributed by atoms with Crippen LogP contribution in [0.1, 0.15) is 11.5 Å². The van der Waals surface area contributed by atoms with Crippen LogP contribution in [-0.2, 0) is 9.53 Å². The van der Waals surface area contributed by atoms with Gasteiger partial charge in [-0.2, -0.15) is 0 Å². The van der Waals surface area contributed by atoms with Gasteiger partial charge in [0.15, 0.2) is 0 Å². The number of fused-ring (bicyclic) bond motifs is 3. The standard InChI is InChI=1S/C17H23N3O3/c21-11-15-17-12-3-1-2-4-13(12)18-9-14(17)20(15)16(22)10-19-5-7-23-8-6-19/h1-4,14-15,17-18,21H,5-11H2/t14-,15+,17+/m0/s1. The largest absolute Gasteiger partial charge is 0.394 e. The molecule has 2 saturated heterocycles. The molecule has 0 radical (unpaired) electrons. The van der Waals surface area contributed by atoms with E-state index in [-0.39, 0.29) is 30.5 Å². The third-order valence-corrected chi connectivity index (χ3v) is 5.30. The number of carbonyl (C=O) groups excluding carboxylic acids is 1. The number of benzene rings is 1.